The molecule has 0 fully saturated rings. The first-order valence-corrected chi connectivity index (χ1v) is 6.38. The lowest BCUT2D eigenvalue weighted by Crippen LogP contribution is -2.15. The number of carboxylic acids is 1. The number of carbonyl (C=O) groups excluding carboxylic acids is 1. The quantitative estimate of drug-likeness (QED) is 0.813. The molecule has 0 saturated heterocycles. The summed E-state index contributed by atoms with van der Waals surface area (Å²) in [6.07, 6.45) is 0. The normalized spacial score (nSPS) is 10.5. The molecule has 0 radical (unpaired) electrons. The molecule has 110 valence electrons. The Morgan fingerprint density at radius 1 is 1.33 bits per heavy atom. The van der Waals surface area contributed by atoms with Crippen LogP contribution < -0.4 is 5.32 Å². The highest BCUT2D eigenvalue weighted by molar-refractivity contribution is 6.31. The van der Waals surface area contributed by atoms with Crippen molar-refractivity contribution in [2.45, 2.75) is 13.8 Å². The topological polar surface area (TPSA) is 82.2 Å². The fourth-order valence-electron chi connectivity index (χ4n) is 2.09. The number of aromatic nitrogens is 1. The molecule has 1 aromatic heterocycles. The van der Waals surface area contributed by atoms with E-state index in [9.17, 15) is 14.0 Å². The van der Waals surface area contributed by atoms with Gasteiger partial charge in [0.2, 0.25) is 0 Å². The Morgan fingerprint density at radius 2 is 2.00 bits per heavy atom. The predicted molar refractivity (Wildman–Crippen MR) is 76.6 cm³/mol. The monoisotopic (exact) mass is 310 g/mol. The Morgan fingerprint density at radius 3 is 2.57 bits per heavy atom. The maximum atomic E-state index is 13.8. The summed E-state index contributed by atoms with van der Waals surface area (Å²) in [6, 6.07) is 4.23. The molecular formula is C14H12ClFN2O3. The Balaban J connectivity index is 2.38. The summed E-state index contributed by atoms with van der Waals surface area (Å²) in [4.78, 5) is 25.9. The number of hydrogen-bond donors (Lipinski definition) is 3. The maximum absolute atomic E-state index is 13.8. The van der Waals surface area contributed by atoms with Crippen LogP contribution in [0.2, 0.25) is 5.02 Å². The molecule has 0 bridgehead atoms. The smallest absolute Gasteiger partial charge is 0.352 e. The van der Waals surface area contributed by atoms with Crippen LogP contribution in [0.3, 0.4) is 0 Å². The van der Waals surface area contributed by atoms with Crippen molar-refractivity contribution in [1.82, 2.24) is 4.98 Å². The molecule has 0 unspecified atom stereocenters. The van der Waals surface area contributed by atoms with Crippen LogP contribution in [0.4, 0.5) is 10.1 Å². The van der Waals surface area contributed by atoms with Gasteiger partial charge in [0, 0.05) is 5.69 Å². The van der Waals surface area contributed by atoms with Crippen LogP contribution in [0.1, 0.15) is 32.1 Å². The second-order valence-corrected chi connectivity index (χ2v) is 4.89. The molecule has 5 nitrogen and oxygen atoms in total. The predicted octanol–water partition coefficient (Wildman–Crippen LogP) is 3.37. The van der Waals surface area contributed by atoms with Gasteiger partial charge in [-0.3, -0.25) is 4.79 Å². The number of anilines is 1. The number of carboxylic acid groups (broad SMARTS) is 1. The molecule has 1 aromatic carbocycles. The van der Waals surface area contributed by atoms with E-state index in [1.807, 2.05) is 0 Å². The van der Waals surface area contributed by atoms with E-state index in [0.717, 1.165) is 0 Å². The van der Waals surface area contributed by atoms with E-state index in [-0.39, 0.29) is 22.0 Å². The van der Waals surface area contributed by atoms with Crippen LogP contribution in [0.15, 0.2) is 18.2 Å². The Kier molecular flexibility index (Phi) is 3.99. The van der Waals surface area contributed by atoms with Gasteiger partial charge >= 0.3 is 5.97 Å². The zero-order chi connectivity index (χ0) is 15.7. The number of benzene rings is 1. The van der Waals surface area contributed by atoms with Gasteiger partial charge in [-0.1, -0.05) is 17.7 Å². The number of halogens is 2. The molecule has 1 amide bonds. The number of aromatic amines is 1. The molecule has 2 aromatic rings. The molecule has 21 heavy (non-hydrogen) atoms. The van der Waals surface area contributed by atoms with Gasteiger partial charge in [0.25, 0.3) is 5.91 Å². The lowest BCUT2D eigenvalue weighted by Gasteiger charge is -2.08. The first-order valence-electron chi connectivity index (χ1n) is 6.00. The fraction of sp³-hybridized carbons (Fsp3) is 0.143. The number of carbonyl (C=O) groups is 2. The van der Waals surface area contributed by atoms with Crippen molar-refractivity contribution in [3.8, 4) is 0 Å². The highest BCUT2D eigenvalue weighted by Crippen LogP contribution is 2.24. The summed E-state index contributed by atoms with van der Waals surface area (Å²) in [6.45, 7) is 3.08. The van der Waals surface area contributed by atoms with Crippen LogP contribution in [0, 0.1) is 19.7 Å². The first-order chi connectivity index (χ1) is 9.82. The summed E-state index contributed by atoms with van der Waals surface area (Å²) in [5, 5.41) is 11.3. The second kappa shape index (κ2) is 5.57. The third-order valence-corrected chi connectivity index (χ3v) is 3.37. The minimum absolute atomic E-state index is 0.0654. The van der Waals surface area contributed by atoms with Crippen molar-refractivity contribution in [3.63, 3.8) is 0 Å². The van der Waals surface area contributed by atoms with Gasteiger partial charge in [-0.2, -0.15) is 0 Å². The van der Waals surface area contributed by atoms with Crippen molar-refractivity contribution in [3.05, 3.63) is 51.6 Å². The van der Waals surface area contributed by atoms with Gasteiger partial charge in [-0.25, -0.2) is 9.18 Å². The van der Waals surface area contributed by atoms with Gasteiger partial charge < -0.3 is 15.4 Å². The molecule has 0 aliphatic carbocycles. The van der Waals surface area contributed by atoms with Crippen molar-refractivity contribution >= 4 is 29.2 Å². The largest absolute Gasteiger partial charge is 0.477 e. The van der Waals surface area contributed by atoms with E-state index in [1.54, 1.807) is 6.92 Å². The molecule has 2 rings (SSSR count). The average Bonchev–Trinajstić information content (AvgIpc) is 2.70. The lowest BCUT2D eigenvalue weighted by atomic mass is 10.1. The Bertz CT molecular complexity index is 740. The fourth-order valence-corrected chi connectivity index (χ4v) is 2.26. The molecule has 0 saturated carbocycles. The molecule has 0 atom stereocenters. The minimum atomic E-state index is -1.16. The zero-order valence-electron chi connectivity index (χ0n) is 11.3. The minimum Gasteiger partial charge on any atom is -0.477 e. The Labute approximate surface area is 124 Å². The summed E-state index contributed by atoms with van der Waals surface area (Å²) in [5.41, 5.74) is 0.727. The van der Waals surface area contributed by atoms with Crippen molar-refractivity contribution in [2.75, 3.05) is 5.32 Å². The van der Waals surface area contributed by atoms with Crippen molar-refractivity contribution in [2.24, 2.45) is 0 Å². The molecule has 0 aliphatic heterocycles. The SMILES string of the molecule is Cc1[nH]c(C(=O)O)c(C)c1C(=O)Nc1cccc(Cl)c1F. The third kappa shape index (κ3) is 2.75. The summed E-state index contributed by atoms with van der Waals surface area (Å²) in [7, 11) is 0. The van der Waals surface area contributed by atoms with Crippen molar-refractivity contribution in [1.29, 1.82) is 0 Å². The number of hydrogen-bond acceptors (Lipinski definition) is 2. The van der Waals surface area contributed by atoms with Gasteiger partial charge in [0.05, 0.1) is 16.3 Å². The number of aryl methyl sites for hydroxylation is 1. The molecule has 0 aliphatic rings. The summed E-state index contributed by atoms with van der Waals surface area (Å²) < 4.78 is 13.8. The third-order valence-electron chi connectivity index (χ3n) is 3.08. The standard InChI is InChI=1S/C14H12ClFN2O3/c1-6-10(7(2)17-12(6)14(20)21)13(19)18-9-5-3-4-8(15)11(9)16/h3-5,17H,1-2H3,(H,18,19)(H,20,21). The second-order valence-electron chi connectivity index (χ2n) is 4.49. The summed E-state index contributed by atoms with van der Waals surface area (Å²) in [5.74, 6) is -2.50. The number of amides is 1. The number of H-pyrrole nitrogens is 1. The van der Waals surface area contributed by atoms with Crippen LogP contribution >= 0.6 is 11.6 Å². The van der Waals surface area contributed by atoms with E-state index >= 15 is 0 Å². The van der Waals surface area contributed by atoms with Gasteiger partial charge in [-0.15, -0.1) is 0 Å². The van der Waals surface area contributed by atoms with Crippen LogP contribution in [0.5, 0.6) is 0 Å². The Hall–Kier alpha value is -2.34. The maximum Gasteiger partial charge on any atom is 0.352 e. The zero-order valence-corrected chi connectivity index (χ0v) is 12.0. The number of aromatic carboxylic acids is 1. The van der Waals surface area contributed by atoms with Gasteiger partial charge in [-0.05, 0) is 31.5 Å². The number of nitrogens with one attached hydrogen (secondary N) is 2. The van der Waals surface area contributed by atoms with E-state index in [0.29, 0.717) is 11.3 Å². The van der Waals surface area contributed by atoms with E-state index in [4.69, 9.17) is 16.7 Å². The van der Waals surface area contributed by atoms with E-state index < -0.39 is 17.7 Å². The first kappa shape index (κ1) is 15.1. The lowest BCUT2D eigenvalue weighted by molar-refractivity contribution is 0.0690. The van der Waals surface area contributed by atoms with E-state index in [1.165, 1.54) is 25.1 Å². The molecule has 0 spiro atoms. The number of rotatable bonds is 3. The molecular weight excluding hydrogens is 299 g/mol. The van der Waals surface area contributed by atoms with E-state index in [2.05, 4.69) is 10.3 Å². The summed E-state index contributed by atoms with van der Waals surface area (Å²) >= 11 is 5.64. The van der Waals surface area contributed by atoms with Crippen molar-refractivity contribution < 1.29 is 19.1 Å². The highest BCUT2D eigenvalue weighted by Gasteiger charge is 2.22. The highest BCUT2D eigenvalue weighted by atomic mass is 35.5. The van der Waals surface area contributed by atoms with Gasteiger partial charge in [0.1, 0.15) is 5.69 Å². The molecule has 1 heterocycles. The molecule has 3 N–H and O–H groups in total. The van der Waals surface area contributed by atoms with Crippen LogP contribution in [0.25, 0.3) is 0 Å². The molecule has 7 heteroatoms. The van der Waals surface area contributed by atoms with Crippen LogP contribution in [-0.4, -0.2) is 22.0 Å². The van der Waals surface area contributed by atoms with Crippen LogP contribution in [-0.2, 0) is 0 Å². The average molecular weight is 311 g/mol. The van der Waals surface area contributed by atoms with Gasteiger partial charge in [0.15, 0.2) is 5.82 Å².